The Bertz CT molecular complexity index is 654. The van der Waals surface area contributed by atoms with Crippen LogP contribution < -0.4 is 11.1 Å². The van der Waals surface area contributed by atoms with Crippen molar-refractivity contribution in [3.05, 3.63) is 35.7 Å². The molecule has 0 aliphatic heterocycles. The van der Waals surface area contributed by atoms with Crippen molar-refractivity contribution in [2.45, 2.75) is 24.9 Å². The van der Waals surface area contributed by atoms with Crippen LogP contribution >= 0.6 is 11.8 Å². The lowest BCUT2D eigenvalue weighted by molar-refractivity contribution is -0.113. The zero-order chi connectivity index (χ0) is 15.9. The smallest absolute Gasteiger partial charge is 0.248 e. The SMILES string of the molecule is CCCc1nc(SCC(=O)Nc2ccc(C(N)=O)cc2)n[nH]1. The van der Waals surface area contributed by atoms with E-state index < -0.39 is 5.91 Å². The molecule has 1 aromatic heterocycles. The normalized spacial score (nSPS) is 10.4. The number of H-pyrrole nitrogens is 1. The van der Waals surface area contributed by atoms with Gasteiger partial charge in [-0.3, -0.25) is 14.7 Å². The van der Waals surface area contributed by atoms with E-state index in [0.29, 0.717) is 16.4 Å². The summed E-state index contributed by atoms with van der Waals surface area (Å²) in [6, 6.07) is 6.40. The van der Waals surface area contributed by atoms with Gasteiger partial charge in [-0.05, 0) is 30.7 Å². The number of anilines is 1. The molecule has 0 saturated heterocycles. The molecule has 0 saturated carbocycles. The van der Waals surface area contributed by atoms with E-state index in [2.05, 4.69) is 27.4 Å². The molecule has 0 spiro atoms. The molecule has 116 valence electrons. The number of rotatable bonds is 7. The van der Waals surface area contributed by atoms with Crippen molar-refractivity contribution < 1.29 is 9.59 Å². The first-order valence-corrected chi connectivity index (χ1v) is 7.81. The number of nitrogens with zero attached hydrogens (tertiary/aromatic N) is 2. The van der Waals surface area contributed by atoms with E-state index in [1.807, 2.05) is 0 Å². The second-order valence-electron chi connectivity index (χ2n) is 4.59. The molecule has 0 atom stereocenters. The van der Waals surface area contributed by atoms with Crippen LogP contribution in [-0.4, -0.2) is 32.7 Å². The van der Waals surface area contributed by atoms with Crippen molar-refractivity contribution >= 4 is 29.3 Å². The van der Waals surface area contributed by atoms with Gasteiger partial charge in [-0.2, -0.15) is 0 Å². The maximum absolute atomic E-state index is 11.8. The van der Waals surface area contributed by atoms with Crippen LogP contribution in [-0.2, 0) is 11.2 Å². The number of nitrogens with one attached hydrogen (secondary N) is 2. The van der Waals surface area contributed by atoms with Gasteiger partial charge in [0.15, 0.2) is 0 Å². The average Bonchev–Trinajstić information content (AvgIpc) is 2.94. The molecule has 0 fully saturated rings. The molecule has 7 nitrogen and oxygen atoms in total. The fourth-order valence-electron chi connectivity index (χ4n) is 1.74. The Morgan fingerprint density at radius 3 is 2.68 bits per heavy atom. The van der Waals surface area contributed by atoms with Gasteiger partial charge in [-0.1, -0.05) is 18.7 Å². The van der Waals surface area contributed by atoms with E-state index in [1.165, 1.54) is 11.8 Å². The summed E-state index contributed by atoms with van der Waals surface area (Å²) in [5.74, 6) is 0.369. The number of carbonyl (C=O) groups excluding carboxylic acids is 2. The first-order chi connectivity index (χ1) is 10.6. The highest BCUT2D eigenvalue weighted by Crippen LogP contribution is 2.14. The Labute approximate surface area is 132 Å². The highest BCUT2D eigenvalue weighted by molar-refractivity contribution is 7.99. The van der Waals surface area contributed by atoms with Gasteiger partial charge in [0.05, 0.1) is 5.75 Å². The van der Waals surface area contributed by atoms with E-state index in [1.54, 1.807) is 24.3 Å². The van der Waals surface area contributed by atoms with Gasteiger partial charge in [-0.25, -0.2) is 4.98 Å². The number of aryl methyl sites for hydroxylation is 1. The number of hydrogen-bond donors (Lipinski definition) is 3. The van der Waals surface area contributed by atoms with Crippen molar-refractivity contribution in [2.24, 2.45) is 5.73 Å². The molecule has 0 radical (unpaired) electrons. The van der Waals surface area contributed by atoms with E-state index in [-0.39, 0.29) is 11.7 Å². The molecular weight excluding hydrogens is 302 g/mol. The third-order valence-electron chi connectivity index (χ3n) is 2.78. The predicted octanol–water partition coefficient (Wildman–Crippen LogP) is 1.59. The Balaban J connectivity index is 1.83. The minimum absolute atomic E-state index is 0.168. The quantitative estimate of drug-likeness (QED) is 0.671. The minimum atomic E-state index is -0.499. The summed E-state index contributed by atoms with van der Waals surface area (Å²) >= 11 is 1.26. The highest BCUT2D eigenvalue weighted by atomic mass is 32.2. The van der Waals surface area contributed by atoms with Gasteiger partial charge >= 0.3 is 0 Å². The molecule has 1 aromatic carbocycles. The standard InChI is InChI=1S/C14H17N5O2S/c1-2-3-11-17-14(19-18-11)22-8-12(20)16-10-6-4-9(5-7-10)13(15)21/h4-7H,2-3,8H2,1H3,(H2,15,21)(H,16,20)(H,17,18,19). The lowest BCUT2D eigenvalue weighted by Gasteiger charge is -2.04. The van der Waals surface area contributed by atoms with Crippen molar-refractivity contribution in [2.75, 3.05) is 11.1 Å². The number of benzene rings is 1. The van der Waals surface area contributed by atoms with Crippen LogP contribution in [0.1, 0.15) is 29.5 Å². The number of nitrogens with two attached hydrogens (primary N) is 1. The van der Waals surface area contributed by atoms with Crippen LogP contribution in [0, 0.1) is 0 Å². The number of carbonyl (C=O) groups is 2. The molecule has 2 rings (SSSR count). The summed E-state index contributed by atoms with van der Waals surface area (Å²) in [4.78, 5) is 27.1. The molecule has 2 amide bonds. The molecule has 8 heteroatoms. The topological polar surface area (TPSA) is 114 Å². The van der Waals surface area contributed by atoms with Gasteiger partial charge < -0.3 is 11.1 Å². The second-order valence-corrected chi connectivity index (χ2v) is 5.54. The average molecular weight is 319 g/mol. The van der Waals surface area contributed by atoms with Crippen molar-refractivity contribution in [1.29, 1.82) is 0 Å². The Morgan fingerprint density at radius 1 is 1.32 bits per heavy atom. The summed E-state index contributed by atoms with van der Waals surface area (Å²) < 4.78 is 0. The predicted molar refractivity (Wildman–Crippen MR) is 84.7 cm³/mol. The Kier molecular flexibility index (Phi) is 5.54. The first kappa shape index (κ1) is 16.0. The monoisotopic (exact) mass is 319 g/mol. The Hall–Kier alpha value is -2.35. The van der Waals surface area contributed by atoms with Crippen molar-refractivity contribution in [3.8, 4) is 0 Å². The maximum atomic E-state index is 11.8. The molecule has 4 N–H and O–H groups in total. The molecule has 0 bridgehead atoms. The lowest BCUT2D eigenvalue weighted by atomic mass is 10.2. The minimum Gasteiger partial charge on any atom is -0.366 e. The summed E-state index contributed by atoms with van der Waals surface area (Å²) in [7, 11) is 0. The first-order valence-electron chi connectivity index (χ1n) is 6.82. The zero-order valence-electron chi connectivity index (χ0n) is 12.1. The molecule has 0 unspecified atom stereocenters. The van der Waals surface area contributed by atoms with Crippen LogP contribution in [0.5, 0.6) is 0 Å². The van der Waals surface area contributed by atoms with E-state index >= 15 is 0 Å². The third kappa shape index (κ3) is 4.59. The van der Waals surface area contributed by atoms with E-state index in [4.69, 9.17) is 5.73 Å². The summed E-state index contributed by atoms with van der Waals surface area (Å²) in [5.41, 5.74) is 6.16. The molecule has 2 aromatic rings. The van der Waals surface area contributed by atoms with Gasteiger partial charge in [0.25, 0.3) is 0 Å². The molecular formula is C14H17N5O2S. The van der Waals surface area contributed by atoms with Gasteiger partial charge in [0.1, 0.15) is 5.82 Å². The highest BCUT2D eigenvalue weighted by Gasteiger charge is 2.08. The zero-order valence-corrected chi connectivity index (χ0v) is 12.9. The molecule has 0 aliphatic carbocycles. The van der Waals surface area contributed by atoms with Crippen molar-refractivity contribution in [3.63, 3.8) is 0 Å². The maximum Gasteiger partial charge on any atom is 0.248 e. The number of aromatic nitrogens is 3. The fourth-order valence-corrected chi connectivity index (χ4v) is 2.35. The van der Waals surface area contributed by atoms with Crippen molar-refractivity contribution in [1.82, 2.24) is 15.2 Å². The van der Waals surface area contributed by atoms with E-state index in [0.717, 1.165) is 18.7 Å². The van der Waals surface area contributed by atoms with E-state index in [9.17, 15) is 9.59 Å². The summed E-state index contributed by atoms with van der Waals surface area (Å²) in [6.45, 7) is 2.06. The lowest BCUT2D eigenvalue weighted by Crippen LogP contribution is -2.15. The fraction of sp³-hybridized carbons (Fsp3) is 0.286. The number of thioether (sulfide) groups is 1. The summed E-state index contributed by atoms with van der Waals surface area (Å²) in [6.07, 6.45) is 1.83. The third-order valence-corrected chi connectivity index (χ3v) is 3.63. The van der Waals surface area contributed by atoms with Gasteiger partial charge in [-0.15, -0.1) is 5.10 Å². The van der Waals surface area contributed by atoms with Gasteiger partial charge in [0, 0.05) is 17.7 Å². The van der Waals surface area contributed by atoms with Crippen LogP contribution in [0.4, 0.5) is 5.69 Å². The van der Waals surface area contributed by atoms with Gasteiger partial charge in [0.2, 0.25) is 17.0 Å². The number of hydrogen-bond acceptors (Lipinski definition) is 5. The van der Waals surface area contributed by atoms with Crippen LogP contribution in [0.2, 0.25) is 0 Å². The Morgan fingerprint density at radius 2 is 2.05 bits per heavy atom. The van der Waals surface area contributed by atoms with Crippen LogP contribution in [0.3, 0.4) is 0 Å². The van der Waals surface area contributed by atoms with Crippen LogP contribution in [0.25, 0.3) is 0 Å². The number of amides is 2. The molecule has 1 heterocycles. The van der Waals surface area contributed by atoms with Crippen LogP contribution in [0.15, 0.2) is 29.4 Å². The number of primary amides is 1. The summed E-state index contributed by atoms with van der Waals surface area (Å²) in [5, 5.41) is 10.2. The number of aromatic amines is 1. The second kappa shape index (κ2) is 7.60. The molecule has 22 heavy (non-hydrogen) atoms. The largest absolute Gasteiger partial charge is 0.366 e. The molecule has 0 aliphatic rings.